The summed E-state index contributed by atoms with van der Waals surface area (Å²) in [6, 6.07) is 0. The molecular formula is C11H16N6O2. The Morgan fingerprint density at radius 3 is 2.84 bits per heavy atom. The Labute approximate surface area is 110 Å². The third kappa shape index (κ3) is 2.56. The molecule has 0 spiro atoms. The summed E-state index contributed by atoms with van der Waals surface area (Å²) in [5.41, 5.74) is 6.06. The van der Waals surface area contributed by atoms with Gasteiger partial charge in [-0.1, -0.05) is 0 Å². The van der Waals surface area contributed by atoms with Gasteiger partial charge in [-0.25, -0.2) is 14.8 Å². The molecule has 2 rings (SSSR count). The Morgan fingerprint density at radius 2 is 2.26 bits per heavy atom. The number of imidazole rings is 1. The lowest BCUT2D eigenvalue weighted by Crippen LogP contribution is -2.11. The van der Waals surface area contributed by atoms with Crippen LogP contribution in [-0.2, 0) is 18.3 Å². The molecule has 0 fully saturated rings. The fourth-order valence-corrected chi connectivity index (χ4v) is 1.73. The van der Waals surface area contributed by atoms with Crippen LogP contribution in [-0.4, -0.2) is 36.9 Å². The summed E-state index contributed by atoms with van der Waals surface area (Å²) in [6.07, 6.45) is 1.60. The summed E-state index contributed by atoms with van der Waals surface area (Å²) in [4.78, 5) is 19.9. The number of carbonyl (C=O) groups is 1. The second kappa shape index (κ2) is 5.09. The molecule has 0 unspecified atom stereocenters. The summed E-state index contributed by atoms with van der Waals surface area (Å²) in [5.74, 6) is 0.970. The maximum atomic E-state index is 11.7. The molecule has 0 atom stereocenters. The number of nitrogens with zero attached hydrogens (tertiary/aromatic N) is 5. The number of aromatic nitrogens is 5. The Balaban J connectivity index is 2.29. The first-order valence-electron chi connectivity index (χ1n) is 5.87. The zero-order valence-corrected chi connectivity index (χ0v) is 11.1. The van der Waals surface area contributed by atoms with E-state index in [0.717, 1.165) is 0 Å². The van der Waals surface area contributed by atoms with Gasteiger partial charge in [0, 0.05) is 7.05 Å². The molecule has 2 aromatic rings. The predicted molar refractivity (Wildman–Crippen MR) is 67.4 cm³/mol. The fraction of sp³-hybridized carbons (Fsp3) is 0.455. The fourth-order valence-electron chi connectivity index (χ4n) is 1.73. The molecule has 2 aromatic heterocycles. The number of carbonyl (C=O) groups excluding carboxylic acids is 1. The molecule has 0 bridgehead atoms. The van der Waals surface area contributed by atoms with Gasteiger partial charge in [0.2, 0.25) is 0 Å². The van der Waals surface area contributed by atoms with E-state index in [0.29, 0.717) is 18.2 Å². The van der Waals surface area contributed by atoms with Crippen molar-refractivity contribution in [2.45, 2.75) is 20.4 Å². The van der Waals surface area contributed by atoms with E-state index in [9.17, 15) is 4.79 Å². The van der Waals surface area contributed by atoms with Gasteiger partial charge in [-0.3, -0.25) is 4.68 Å². The molecule has 0 aromatic carbocycles. The van der Waals surface area contributed by atoms with E-state index in [2.05, 4.69) is 15.1 Å². The summed E-state index contributed by atoms with van der Waals surface area (Å²) in [7, 11) is 1.78. The van der Waals surface area contributed by atoms with Gasteiger partial charge >= 0.3 is 5.97 Å². The highest BCUT2D eigenvalue weighted by atomic mass is 16.5. The second-order valence-corrected chi connectivity index (χ2v) is 4.03. The van der Waals surface area contributed by atoms with Crippen LogP contribution in [0.4, 0.5) is 5.82 Å². The minimum Gasteiger partial charge on any atom is -0.461 e. The molecule has 0 aliphatic rings. The smallest absolute Gasteiger partial charge is 0.360 e. The van der Waals surface area contributed by atoms with E-state index in [1.54, 1.807) is 36.5 Å². The SMILES string of the molecule is CCOC(=O)c1nc(C)n(Cc2ncn(C)n2)c1N. The van der Waals surface area contributed by atoms with Crippen LogP contribution in [0.2, 0.25) is 0 Å². The summed E-state index contributed by atoms with van der Waals surface area (Å²) in [6.45, 7) is 4.15. The lowest BCUT2D eigenvalue weighted by molar-refractivity contribution is 0.0521. The minimum absolute atomic E-state index is 0.135. The molecule has 102 valence electrons. The van der Waals surface area contributed by atoms with E-state index in [1.165, 1.54) is 0 Å². The number of anilines is 1. The molecule has 0 amide bonds. The average molecular weight is 264 g/mol. The normalized spacial score (nSPS) is 10.7. The first-order valence-corrected chi connectivity index (χ1v) is 5.87. The Hall–Kier alpha value is -2.38. The molecule has 19 heavy (non-hydrogen) atoms. The maximum absolute atomic E-state index is 11.7. The standard InChI is InChI=1S/C11H16N6O2/c1-4-19-11(18)9-10(12)17(7(2)14-9)5-8-13-6-16(3)15-8/h6H,4-5,12H2,1-3H3. The molecule has 2 N–H and O–H groups in total. The Bertz CT molecular complexity index is 600. The highest BCUT2D eigenvalue weighted by molar-refractivity contribution is 5.92. The van der Waals surface area contributed by atoms with Gasteiger partial charge in [0.15, 0.2) is 11.5 Å². The van der Waals surface area contributed by atoms with Crippen molar-refractivity contribution in [3.63, 3.8) is 0 Å². The van der Waals surface area contributed by atoms with Crippen LogP contribution in [0.3, 0.4) is 0 Å². The lowest BCUT2D eigenvalue weighted by atomic mass is 10.4. The monoisotopic (exact) mass is 264 g/mol. The van der Waals surface area contributed by atoms with E-state index in [-0.39, 0.29) is 18.1 Å². The van der Waals surface area contributed by atoms with Crippen LogP contribution in [0.15, 0.2) is 6.33 Å². The largest absolute Gasteiger partial charge is 0.461 e. The number of rotatable bonds is 4. The lowest BCUT2D eigenvalue weighted by Gasteiger charge is -2.04. The van der Waals surface area contributed by atoms with Crippen LogP contribution < -0.4 is 5.73 Å². The second-order valence-electron chi connectivity index (χ2n) is 4.03. The molecule has 0 aliphatic heterocycles. The van der Waals surface area contributed by atoms with Gasteiger partial charge in [-0.05, 0) is 13.8 Å². The zero-order chi connectivity index (χ0) is 14.0. The van der Waals surface area contributed by atoms with Crippen molar-refractivity contribution in [1.29, 1.82) is 0 Å². The van der Waals surface area contributed by atoms with E-state index in [4.69, 9.17) is 10.5 Å². The Kier molecular flexibility index (Phi) is 3.50. The number of nitrogen functional groups attached to an aromatic ring is 1. The van der Waals surface area contributed by atoms with Crippen LogP contribution in [0.25, 0.3) is 0 Å². The molecule has 0 saturated carbocycles. The maximum Gasteiger partial charge on any atom is 0.360 e. The van der Waals surface area contributed by atoms with Crippen molar-refractivity contribution in [2.24, 2.45) is 7.05 Å². The highest BCUT2D eigenvalue weighted by Crippen LogP contribution is 2.16. The molecular weight excluding hydrogens is 248 g/mol. The number of nitrogens with two attached hydrogens (primary N) is 1. The molecule has 0 radical (unpaired) electrons. The number of aryl methyl sites for hydroxylation is 2. The predicted octanol–water partition coefficient (Wildman–Crippen LogP) is 0.127. The summed E-state index contributed by atoms with van der Waals surface area (Å²) < 4.78 is 8.18. The first kappa shape index (κ1) is 13.1. The van der Waals surface area contributed by atoms with Crippen molar-refractivity contribution in [1.82, 2.24) is 24.3 Å². The quantitative estimate of drug-likeness (QED) is 0.787. The molecule has 0 aliphatic carbocycles. The van der Waals surface area contributed by atoms with E-state index < -0.39 is 5.97 Å². The van der Waals surface area contributed by atoms with Crippen LogP contribution in [0.1, 0.15) is 29.1 Å². The molecule has 8 nitrogen and oxygen atoms in total. The summed E-state index contributed by atoms with van der Waals surface area (Å²) in [5, 5.41) is 4.16. The molecule has 0 saturated heterocycles. The van der Waals surface area contributed by atoms with Crippen molar-refractivity contribution < 1.29 is 9.53 Å². The molecule has 8 heteroatoms. The van der Waals surface area contributed by atoms with Crippen molar-refractivity contribution in [2.75, 3.05) is 12.3 Å². The van der Waals surface area contributed by atoms with Gasteiger partial charge in [0.1, 0.15) is 18.0 Å². The number of hydrogen-bond acceptors (Lipinski definition) is 6. The highest BCUT2D eigenvalue weighted by Gasteiger charge is 2.20. The van der Waals surface area contributed by atoms with Crippen LogP contribution >= 0.6 is 0 Å². The number of ether oxygens (including phenoxy) is 1. The van der Waals surface area contributed by atoms with Gasteiger partial charge in [-0.15, -0.1) is 0 Å². The van der Waals surface area contributed by atoms with Crippen LogP contribution in [0, 0.1) is 6.92 Å². The Morgan fingerprint density at radius 1 is 1.53 bits per heavy atom. The zero-order valence-electron chi connectivity index (χ0n) is 11.1. The van der Waals surface area contributed by atoms with Crippen molar-refractivity contribution in [3.05, 3.63) is 23.7 Å². The first-order chi connectivity index (χ1) is 9.02. The van der Waals surface area contributed by atoms with E-state index in [1.807, 2.05) is 0 Å². The summed E-state index contributed by atoms with van der Waals surface area (Å²) >= 11 is 0. The van der Waals surface area contributed by atoms with Crippen molar-refractivity contribution in [3.8, 4) is 0 Å². The van der Waals surface area contributed by atoms with Gasteiger partial charge in [-0.2, -0.15) is 5.10 Å². The molecule has 2 heterocycles. The van der Waals surface area contributed by atoms with Crippen molar-refractivity contribution >= 4 is 11.8 Å². The topological polar surface area (TPSA) is 101 Å². The number of hydrogen-bond donors (Lipinski definition) is 1. The van der Waals surface area contributed by atoms with Gasteiger partial charge in [0.25, 0.3) is 0 Å². The number of esters is 1. The third-order valence-electron chi connectivity index (χ3n) is 2.61. The van der Waals surface area contributed by atoms with Crippen LogP contribution in [0.5, 0.6) is 0 Å². The van der Waals surface area contributed by atoms with Gasteiger partial charge in [0.05, 0.1) is 13.2 Å². The van der Waals surface area contributed by atoms with E-state index >= 15 is 0 Å². The third-order valence-corrected chi connectivity index (χ3v) is 2.61. The average Bonchev–Trinajstić information content (AvgIpc) is 2.88. The minimum atomic E-state index is -0.518. The van der Waals surface area contributed by atoms with Gasteiger partial charge < -0.3 is 15.0 Å².